The van der Waals surface area contributed by atoms with Crippen molar-refractivity contribution in [3.63, 3.8) is 0 Å². The summed E-state index contributed by atoms with van der Waals surface area (Å²) >= 11 is 0. The highest BCUT2D eigenvalue weighted by molar-refractivity contribution is 6.01. The lowest BCUT2D eigenvalue weighted by Gasteiger charge is -2.12. The molecule has 1 aliphatic rings. The molecule has 0 unspecified atom stereocenters. The lowest BCUT2D eigenvalue weighted by molar-refractivity contribution is -0.139. The van der Waals surface area contributed by atoms with Gasteiger partial charge in [0.1, 0.15) is 0 Å². The molecule has 142 valence electrons. The summed E-state index contributed by atoms with van der Waals surface area (Å²) in [6, 6.07) is 0. The number of likely N-dealkylation sites (tertiary alicyclic amines) is 1. The first-order valence-electron chi connectivity index (χ1n) is 9.62. The quantitative estimate of drug-likeness (QED) is 0.329. The Labute approximate surface area is 156 Å². The molecule has 0 radical (unpaired) electrons. The summed E-state index contributed by atoms with van der Waals surface area (Å²) in [7, 11) is 0. The lowest BCUT2D eigenvalue weighted by atomic mass is 10.1. The zero-order chi connectivity index (χ0) is 19.0. The third-order valence-electron chi connectivity index (χ3n) is 4.29. The van der Waals surface area contributed by atoms with Gasteiger partial charge in [-0.1, -0.05) is 50.4 Å². The highest BCUT2D eigenvalue weighted by Gasteiger charge is 2.27. The molecule has 26 heavy (non-hydrogen) atoms. The summed E-state index contributed by atoms with van der Waals surface area (Å²) in [6.45, 7) is 0.593. The van der Waals surface area contributed by atoms with E-state index in [9.17, 15) is 14.4 Å². The number of amides is 2. The van der Waals surface area contributed by atoms with Crippen LogP contribution in [0.2, 0.25) is 0 Å². The van der Waals surface area contributed by atoms with Gasteiger partial charge in [-0.3, -0.25) is 19.3 Å². The van der Waals surface area contributed by atoms with E-state index in [4.69, 9.17) is 5.11 Å². The van der Waals surface area contributed by atoms with Gasteiger partial charge in [-0.25, -0.2) is 0 Å². The van der Waals surface area contributed by atoms with Crippen LogP contribution in [0.1, 0.15) is 83.5 Å². The summed E-state index contributed by atoms with van der Waals surface area (Å²) in [5.41, 5.74) is 0. The molecule has 0 aromatic heterocycles. The number of carbonyl (C=O) groups is 3. The minimum absolute atomic E-state index is 0.00987. The second kappa shape index (κ2) is 14.0. The third kappa shape index (κ3) is 10.6. The maximum Gasteiger partial charge on any atom is 0.304 e. The molecule has 0 saturated carbocycles. The molecule has 1 heterocycles. The van der Waals surface area contributed by atoms with E-state index in [0.29, 0.717) is 25.8 Å². The molecule has 0 bridgehead atoms. The number of rotatable bonds is 12. The zero-order valence-corrected chi connectivity index (χ0v) is 15.5. The van der Waals surface area contributed by atoms with Crippen LogP contribution in [-0.2, 0) is 14.4 Å². The molecule has 1 saturated heterocycles. The molecule has 1 aliphatic heterocycles. The Balaban J connectivity index is 1.86. The summed E-state index contributed by atoms with van der Waals surface area (Å²) in [6.07, 6.45) is 11.0. The van der Waals surface area contributed by atoms with Crippen LogP contribution in [0.5, 0.6) is 0 Å². The smallest absolute Gasteiger partial charge is 0.304 e. The number of imide groups is 1. The van der Waals surface area contributed by atoms with Gasteiger partial charge in [0, 0.05) is 32.2 Å². The summed E-state index contributed by atoms with van der Waals surface area (Å²) in [5, 5.41) is 8.45. The van der Waals surface area contributed by atoms with E-state index in [1.807, 2.05) is 0 Å². The normalized spacial score (nSPS) is 13.2. The average molecular weight is 359 g/mol. The van der Waals surface area contributed by atoms with Gasteiger partial charge in [-0.2, -0.15) is 0 Å². The van der Waals surface area contributed by atoms with Gasteiger partial charge in [0.15, 0.2) is 0 Å². The van der Waals surface area contributed by atoms with E-state index in [0.717, 1.165) is 38.5 Å². The van der Waals surface area contributed by atoms with E-state index in [1.54, 1.807) is 0 Å². The van der Waals surface area contributed by atoms with E-state index in [1.165, 1.54) is 24.2 Å². The van der Waals surface area contributed by atoms with Crippen LogP contribution >= 0.6 is 0 Å². The predicted molar refractivity (Wildman–Crippen MR) is 99.9 cm³/mol. The Bertz CT molecular complexity index is 573. The van der Waals surface area contributed by atoms with Crippen molar-refractivity contribution in [1.29, 1.82) is 0 Å². The molecule has 1 rings (SSSR count). The van der Waals surface area contributed by atoms with Gasteiger partial charge < -0.3 is 5.11 Å². The van der Waals surface area contributed by atoms with Crippen molar-refractivity contribution in [2.75, 3.05) is 6.54 Å². The van der Waals surface area contributed by atoms with Crippen molar-refractivity contribution in [3.8, 4) is 23.7 Å². The van der Waals surface area contributed by atoms with Gasteiger partial charge in [-0.15, -0.1) is 0 Å². The molecule has 1 N–H and O–H groups in total. The van der Waals surface area contributed by atoms with Crippen LogP contribution < -0.4 is 0 Å². The van der Waals surface area contributed by atoms with Crippen molar-refractivity contribution in [2.24, 2.45) is 0 Å². The number of aliphatic carboxylic acids is 1. The van der Waals surface area contributed by atoms with Crippen molar-refractivity contribution in [3.05, 3.63) is 0 Å². The van der Waals surface area contributed by atoms with Crippen LogP contribution in [0.25, 0.3) is 0 Å². The standard InChI is InChI=1S/C21H29NO4/c23-19-16-17-20(24)22(19)18-14-12-10-8-6-4-2-1-3-5-7-9-11-13-15-21(25)26/h1-4,6,8,10,12-18H2,(H,25,26). The fourth-order valence-corrected chi connectivity index (χ4v) is 2.80. The average Bonchev–Trinajstić information content (AvgIpc) is 2.92. The molecule has 5 nitrogen and oxygen atoms in total. The van der Waals surface area contributed by atoms with E-state index >= 15 is 0 Å². The molecule has 0 aromatic rings. The molecule has 0 atom stereocenters. The predicted octanol–water partition coefficient (Wildman–Crippen LogP) is 3.52. The number of nitrogens with zero attached hydrogens (tertiary/aromatic N) is 1. The van der Waals surface area contributed by atoms with Crippen molar-refractivity contribution >= 4 is 17.8 Å². The first kappa shape index (κ1) is 21.8. The molecule has 0 spiro atoms. The maximum absolute atomic E-state index is 11.5. The van der Waals surface area contributed by atoms with Gasteiger partial charge in [0.25, 0.3) is 0 Å². The monoisotopic (exact) mass is 359 g/mol. The van der Waals surface area contributed by atoms with E-state index in [2.05, 4.69) is 23.7 Å². The van der Waals surface area contributed by atoms with Gasteiger partial charge >= 0.3 is 5.97 Å². The Morgan fingerprint density at radius 3 is 1.88 bits per heavy atom. The lowest BCUT2D eigenvalue weighted by Crippen LogP contribution is -2.29. The topological polar surface area (TPSA) is 74.7 Å². The van der Waals surface area contributed by atoms with Crippen molar-refractivity contribution in [1.82, 2.24) is 4.90 Å². The van der Waals surface area contributed by atoms with Gasteiger partial charge in [0.2, 0.25) is 11.8 Å². The second-order valence-corrected chi connectivity index (χ2v) is 6.51. The second-order valence-electron chi connectivity index (χ2n) is 6.51. The van der Waals surface area contributed by atoms with Gasteiger partial charge in [-0.05, 0) is 24.7 Å². The zero-order valence-electron chi connectivity index (χ0n) is 15.5. The number of unbranched alkanes of at least 4 members (excludes halogenated alkanes) is 8. The Morgan fingerprint density at radius 2 is 1.31 bits per heavy atom. The van der Waals surface area contributed by atoms with Crippen LogP contribution in [0.15, 0.2) is 0 Å². The van der Waals surface area contributed by atoms with Crippen LogP contribution in [0.4, 0.5) is 0 Å². The van der Waals surface area contributed by atoms with Crippen LogP contribution in [0, 0.1) is 23.7 Å². The van der Waals surface area contributed by atoms with Crippen molar-refractivity contribution < 1.29 is 19.5 Å². The number of carbonyl (C=O) groups excluding carboxylic acids is 2. The van der Waals surface area contributed by atoms with Gasteiger partial charge in [0.05, 0.1) is 6.42 Å². The van der Waals surface area contributed by atoms with E-state index < -0.39 is 5.97 Å². The molecule has 0 aromatic carbocycles. The molecular formula is C21H29NO4. The molecule has 0 aliphatic carbocycles. The third-order valence-corrected chi connectivity index (χ3v) is 4.29. The minimum Gasteiger partial charge on any atom is -0.481 e. The number of carboxylic acid groups (broad SMARTS) is 1. The Morgan fingerprint density at radius 1 is 0.808 bits per heavy atom. The molecule has 2 amide bonds. The summed E-state index contributed by atoms with van der Waals surface area (Å²) in [5.74, 6) is 10.3. The Hall–Kier alpha value is -2.27. The number of hydrogen-bond donors (Lipinski definition) is 1. The summed E-state index contributed by atoms with van der Waals surface area (Å²) in [4.78, 5) is 34.6. The maximum atomic E-state index is 11.5. The number of hydrogen-bond acceptors (Lipinski definition) is 3. The highest BCUT2D eigenvalue weighted by atomic mass is 16.4. The molecule has 5 heteroatoms. The van der Waals surface area contributed by atoms with E-state index in [-0.39, 0.29) is 18.2 Å². The first-order valence-corrected chi connectivity index (χ1v) is 9.62. The molecule has 1 fully saturated rings. The molecular weight excluding hydrogens is 330 g/mol. The number of carboxylic acids is 1. The van der Waals surface area contributed by atoms with Crippen molar-refractivity contribution in [2.45, 2.75) is 83.5 Å². The summed E-state index contributed by atoms with van der Waals surface area (Å²) < 4.78 is 0. The fraction of sp³-hybridized carbons (Fsp3) is 0.667. The largest absolute Gasteiger partial charge is 0.481 e. The SMILES string of the molecule is O=C(O)CCC#CC#CCCCCCCCCCCN1C(=O)CCC1=O. The minimum atomic E-state index is -0.830. The first-order chi connectivity index (χ1) is 12.6. The van der Waals surface area contributed by atoms with Crippen LogP contribution in [0.3, 0.4) is 0 Å². The highest BCUT2D eigenvalue weighted by Crippen LogP contribution is 2.14. The Kier molecular flexibility index (Phi) is 11.7. The fourth-order valence-electron chi connectivity index (χ4n) is 2.80. The van der Waals surface area contributed by atoms with Crippen LogP contribution in [-0.4, -0.2) is 34.3 Å².